The van der Waals surface area contributed by atoms with E-state index in [0.717, 1.165) is 39.5 Å². The number of rotatable bonds is 7. The Hall–Kier alpha value is -2.22. The van der Waals surface area contributed by atoms with Crippen molar-refractivity contribution in [3.63, 3.8) is 0 Å². The quantitative estimate of drug-likeness (QED) is 0.493. The zero-order valence-corrected chi connectivity index (χ0v) is 19.5. The molecule has 3 heterocycles. The highest BCUT2D eigenvalue weighted by atomic mass is 35.5. The summed E-state index contributed by atoms with van der Waals surface area (Å²) in [5.41, 5.74) is 1.36. The van der Waals surface area contributed by atoms with Gasteiger partial charge in [-0.1, -0.05) is 17.7 Å². The minimum Gasteiger partial charge on any atom is -0.355 e. The zero-order valence-electron chi connectivity index (χ0n) is 17.9. The van der Waals surface area contributed by atoms with E-state index < -0.39 is 0 Å². The number of fused-ring (bicyclic) bond motifs is 1. The lowest BCUT2D eigenvalue weighted by Crippen LogP contribution is -2.30. The van der Waals surface area contributed by atoms with E-state index in [1.165, 1.54) is 32.4 Å². The number of nitrogens with one attached hydrogen (secondary N) is 2. The van der Waals surface area contributed by atoms with Crippen molar-refractivity contribution in [3.8, 4) is 10.6 Å². The van der Waals surface area contributed by atoms with E-state index >= 15 is 0 Å². The molecule has 8 heteroatoms. The molecule has 31 heavy (non-hydrogen) atoms. The monoisotopic (exact) mass is 457 g/mol. The number of amides is 1. The van der Waals surface area contributed by atoms with Gasteiger partial charge in [0.1, 0.15) is 5.69 Å². The average Bonchev–Trinajstić information content (AvgIpc) is 3.21. The van der Waals surface area contributed by atoms with Gasteiger partial charge in [0.2, 0.25) is 5.95 Å². The van der Waals surface area contributed by atoms with Gasteiger partial charge in [0.05, 0.1) is 16.1 Å². The van der Waals surface area contributed by atoms with Crippen LogP contribution < -0.4 is 10.6 Å². The molecule has 3 aromatic rings. The lowest BCUT2D eigenvalue weighted by molar-refractivity contribution is 0.0963. The summed E-state index contributed by atoms with van der Waals surface area (Å²) < 4.78 is 1.03. The van der Waals surface area contributed by atoms with Gasteiger partial charge in [0.15, 0.2) is 0 Å². The third-order valence-electron chi connectivity index (χ3n) is 5.90. The van der Waals surface area contributed by atoms with Gasteiger partial charge in [-0.25, -0.2) is 9.97 Å². The third-order valence-corrected chi connectivity index (χ3v) is 7.28. The molecule has 1 aliphatic heterocycles. The molecular formula is C23H28ClN5OS. The maximum Gasteiger partial charge on any atom is 0.251 e. The van der Waals surface area contributed by atoms with E-state index in [4.69, 9.17) is 11.6 Å². The van der Waals surface area contributed by atoms with Crippen LogP contribution in [0.5, 0.6) is 0 Å². The Balaban J connectivity index is 1.42. The molecular weight excluding hydrogens is 430 g/mol. The average molecular weight is 458 g/mol. The molecule has 0 unspecified atom stereocenters. The van der Waals surface area contributed by atoms with Crippen molar-refractivity contribution >= 4 is 44.9 Å². The number of hydrogen-bond acceptors (Lipinski definition) is 6. The van der Waals surface area contributed by atoms with Crippen LogP contribution in [0.1, 0.15) is 36.0 Å². The largest absolute Gasteiger partial charge is 0.355 e. The molecule has 0 atom stereocenters. The number of carbonyl (C=O) groups excluding carboxylic acids is 1. The van der Waals surface area contributed by atoms with Gasteiger partial charge >= 0.3 is 0 Å². The maximum atomic E-state index is 11.9. The number of halogens is 1. The van der Waals surface area contributed by atoms with Gasteiger partial charge in [-0.2, -0.15) is 0 Å². The van der Waals surface area contributed by atoms with Crippen molar-refractivity contribution in [2.75, 3.05) is 39.0 Å². The van der Waals surface area contributed by atoms with Crippen LogP contribution in [0.3, 0.4) is 0 Å². The SMILES string of the molecule is CNC(=O)c1ccc2cc(-c3nc(NCCCC4CCN(C)CC4)ncc3Cl)sc2c1. The van der Waals surface area contributed by atoms with Crippen LogP contribution >= 0.6 is 22.9 Å². The van der Waals surface area contributed by atoms with Crippen LogP contribution in [0.15, 0.2) is 30.5 Å². The van der Waals surface area contributed by atoms with Gasteiger partial charge < -0.3 is 15.5 Å². The van der Waals surface area contributed by atoms with Crippen molar-refractivity contribution in [1.82, 2.24) is 20.2 Å². The molecule has 1 fully saturated rings. The first-order valence-electron chi connectivity index (χ1n) is 10.7. The molecule has 0 spiro atoms. The van der Waals surface area contributed by atoms with Crippen LogP contribution in [0.25, 0.3) is 20.7 Å². The summed E-state index contributed by atoms with van der Waals surface area (Å²) in [5, 5.41) is 7.61. The van der Waals surface area contributed by atoms with Crippen LogP contribution in [-0.2, 0) is 0 Å². The number of benzene rings is 1. The highest BCUT2D eigenvalue weighted by Crippen LogP contribution is 2.36. The van der Waals surface area contributed by atoms with E-state index in [1.54, 1.807) is 24.6 Å². The minimum absolute atomic E-state index is 0.0938. The number of anilines is 1. The number of likely N-dealkylation sites (tertiary alicyclic amines) is 1. The molecule has 0 radical (unpaired) electrons. The second kappa shape index (κ2) is 9.94. The van der Waals surface area contributed by atoms with Gasteiger partial charge in [-0.3, -0.25) is 4.79 Å². The fourth-order valence-electron chi connectivity index (χ4n) is 4.00. The Kier molecular flexibility index (Phi) is 7.05. The standard InChI is InChI=1S/C23H28ClN5OS/c1-25-22(30)17-6-5-16-12-20(31-19(16)13-17)21-18(24)14-27-23(28-21)26-9-3-4-15-7-10-29(2)11-8-15/h5-6,12-15H,3-4,7-11H2,1-2H3,(H,25,30)(H,26,27,28). The zero-order chi connectivity index (χ0) is 21.8. The summed E-state index contributed by atoms with van der Waals surface area (Å²) in [7, 11) is 3.83. The second-order valence-corrected chi connectivity index (χ2v) is 9.64. The number of carbonyl (C=O) groups is 1. The molecule has 1 aliphatic rings. The fraction of sp³-hybridized carbons (Fsp3) is 0.435. The number of nitrogens with zero attached hydrogens (tertiary/aromatic N) is 3. The molecule has 0 saturated carbocycles. The van der Waals surface area contributed by atoms with E-state index in [9.17, 15) is 4.79 Å². The number of thiophene rings is 1. The first-order valence-corrected chi connectivity index (χ1v) is 11.9. The summed E-state index contributed by atoms with van der Waals surface area (Å²) in [5.74, 6) is 1.34. The lowest BCUT2D eigenvalue weighted by Gasteiger charge is -2.28. The Bertz CT molecular complexity index is 1060. The van der Waals surface area contributed by atoms with Crippen LogP contribution in [0, 0.1) is 5.92 Å². The van der Waals surface area contributed by atoms with Crippen molar-refractivity contribution < 1.29 is 4.79 Å². The van der Waals surface area contributed by atoms with Crippen molar-refractivity contribution in [1.29, 1.82) is 0 Å². The molecule has 164 valence electrons. The number of aromatic nitrogens is 2. The minimum atomic E-state index is -0.0938. The van der Waals surface area contributed by atoms with E-state index in [1.807, 2.05) is 18.2 Å². The summed E-state index contributed by atoms with van der Waals surface area (Å²) >= 11 is 8.00. The van der Waals surface area contributed by atoms with Gasteiger partial charge in [-0.15, -0.1) is 11.3 Å². The van der Waals surface area contributed by atoms with Crippen LogP contribution in [0.2, 0.25) is 5.02 Å². The van der Waals surface area contributed by atoms with Crippen LogP contribution in [0.4, 0.5) is 5.95 Å². The molecule has 6 nitrogen and oxygen atoms in total. The van der Waals surface area contributed by atoms with E-state index in [0.29, 0.717) is 16.5 Å². The summed E-state index contributed by atoms with van der Waals surface area (Å²) in [6.45, 7) is 3.28. The Morgan fingerprint density at radius 1 is 1.29 bits per heavy atom. The summed E-state index contributed by atoms with van der Waals surface area (Å²) in [6.07, 6.45) is 6.60. The van der Waals surface area contributed by atoms with Gasteiger partial charge in [0.25, 0.3) is 5.91 Å². The molecule has 0 aliphatic carbocycles. The predicted molar refractivity (Wildman–Crippen MR) is 129 cm³/mol. The summed E-state index contributed by atoms with van der Waals surface area (Å²) in [6, 6.07) is 7.75. The Morgan fingerprint density at radius 2 is 2.10 bits per heavy atom. The smallest absolute Gasteiger partial charge is 0.251 e. The third kappa shape index (κ3) is 5.34. The van der Waals surface area contributed by atoms with Crippen molar-refractivity contribution in [2.45, 2.75) is 25.7 Å². The number of hydrogen-bond donors (Lipinski definition) is 2. The highest BCUT2D eigenvalue weighted by molar-refractivity contribution is 7.22. The van der Waals surface area contributed by atoms with Crippen molar-refractivity contribution in [3.05, 3.63) is 41.0 Å². The first-order chi connectivity index (χ1) is 15.0. The highest BCUT2D eigenvalue weighted by Gasteiger charge is 2.16. The normalized spacial score (nSPS) is 15.3. The molecule has 0 bridgehead atoms. The Labute approximate surface area is 192 Å². The number of piperidine rings is 1. The van der Waals surface area contributed by atoms with E-state index in [-0.39, 0.29) is 5.91 Å². The molecule has 2 N–H and O–H groups in total. The fourth-order valence-corrected chi connectivity index (χ4v) is 5.35. The van der Waals surface area contributed by atoms with Gasteiger partial charge in [0, 0.05) is 23.9 Å². The van der Waals surface area contributed by atoms with Crippen LogP contribution in [-0.4, -0.2) is 54.5 Å². The molecule has 2 aromatic heterocycles. The molecule has 1 saturated heterocycles. The lowest BCUT2D eigenvalue weighted by atomic mass is 9.92. The summed E-state index contributed by atoms with van der Waals surface area (Å²) in [4.78, 5) is 24.3. The Morgan fingerprint density at radius 3 is 2.87 bits per heavy atom. The molecule has 1 aromatic carbocycles. The van der Waals surface area contributed by atoms with E-state index in [2.05, 4.69) is 38.6 Å². The second-order valence-electron chi connectivity index (χ2n) is 8.15. The molecule has 1 amide bonds. The maximum absolute atomic E-state index is 11.9. The van der Waals surface area contributed by atoms with Gasteiger partial charge in [-0.05, 0) is 75.3 Å². The first kappa shape index (κ1) is 22.0. The molecule has 4 rings (SSSR count). The predicted octanol–water partition coefficient (Wildman–Crippen LogP) is 4.91. The van der Waals surface area contributed by atoms with Crippen molar-refractivity contribution in [2.24, 2.45) is 5.92 Å². The topological polar surface area (TPSA) is 70.2 Å².